The van der Waals surface area contributed by atoms with Crippen LogP contribution in [0, 0.1) is 0 Å². The molecule has 0 aromatic heterocycles. The number of hydrogen-bond donors (Lipinski definition) is 0. The van der Waals surface area contributed by atoms with Crippen LogP contribution in [0.15, 0.2) is 30.3 Å². The van der Waals surface area contributed by atoms with Crippen LogP contribution >= 0.6 is 0 Å². The second-order valence-corrected chi connectivity index (χ2v) is 4.79. The summed E-state index contributed by atoms with van der Waals surface area (Å²) in [5, 5.41) is -0.464. The number of rotatable bonds is 1. The average molecular weight is 198 g/mol. The van der Waals surface area contributed by atoms with Crippen molar-refractivity contribution in [2.24, 2.45) is 0 Å². The summed E-state index contributed by atoms with van der Waals surface area (Å²) >= 11 is 0. The fourth-order valence-electron chi connectivity index (χ4n) is 1.50. The zero-order valence-corrected chi connectivity index (χ0v) is 7.83. The normalized spacial score (nSPS) is 26.0. The third-order valence-corrected chi connectivity index (χ3v) is 3.85. The molecule has 4 heteroatoms. The SMILES string of the molecule is O=S1(=O)OCC[C@@H]1c1ccccc1. The van der Waals surface area contributed by atoms with Gasteiger partial charge >= 0.3 is 0 Å². The van der Waals surface area contributed by atoms with Crippen LogP contribution in [0.3, 0.4) is 0 Å². The van der Waals surface area contributed by atoms with Crippen molar-refractivity contribution in [2.75, 3.05) is 6.61 Å². The van der Waals surface area contributed by atoms with Gasteiger partial charge in [0.05, 0.1) is 6.61 Å². The molecule has 0 amide bonds. The van der Waals surface area contributed by atoms with E-state index in [0.717, 1.165) is 5.56 Å². The Kier molecular flexibility index (Phi) is 2.09. The summed E-state index contributed by atoms with van der Waals surface area (Å²) in [6.45, 7) is 0.307. The highest BCUT2D eigenvalue weighted by Crippen LogP contribution is 2.32. The maximum absolute atomic E-state index is 11.3. The van der Waals surface area contributed by atoms with E-state index in [0.29, 0.717) is 13.0 Å². The predicted octanol–water partition coefficient (Wildman–Crippen LogP) is 1.48. The third-order valence-electron chi connectivity index (χ3n) is 2.15. The van der Waals surface area contributed by atoms with Crippen molar-refractivity contribution in [1.82, 2.24) is 0 Å². The van der Waals surface area contributed by atoms with Crippen LogP contribution < -0.4 is 0 Å². The van der Waals surface area contributed by atoms with Gasteiger partial charge in [-0.1, -0.05) is 30.3 Å². The Morgan fingerprint density at radius 2 is 1.92 bits per heavy atom. The summed E-state index contributed by atoms with van der Waals surface area (Å²) in [6.07, 6.45) is 0.562. The second kappa shape index (κ2) is 3.12. The summed E-state index contributed by atoms with van der Waals surface area (Å²) < 4.78 is 27.4. The van der Waals surface area contributed by atoms with Gasteiger partial charge in [-0.3, -0.25) is 4.18 Å². The molecule has 0 N–H and O–H groups in total. The molecule has 0 spiro atoms. The smallest absolute Gasteiger partial charge is 0.270 e. The van der Waals surface area contributed by atoms with E-state index in [1.54, 1.807) is 0 Å². The molecule has 1 aromatic carbocycles. The Balaban J connectivity index is 2.38. The first-order chi connectivity index (χ1) is 6.20. The van der Waals surface area contributed by atoms with Crippen molar-refractivity contribution in [1.29, 1.82) is 0 Å². The lowest BCUT2D eigenvalue weighted by Crippen LogP contribution is -2.06. The van der Waals surface area contributed by atoms with Crippen LogP contribution in [0.2, 0.25) is 0 Å². The van der Waals surface area contributed by atoms with Crippen LogP contribution in [0.4, 0.5) is 0 Å². The second-order valence-electron chi connectivity index (χ2n) is 3.00. The van der Waals surface area contributed by atoms with E-state index in [4.69, 9.17) is 0 Å². The summed E-state index contributed by atoms with van der Waals surface area (Å²) in [7, 11) is -3.34. The fourth-order valence-corrected chi connectivity index (χ4v) is 2.87. The molecule has 1 aliphatic heterocycles. The molecule has 0 bridgehead atoms. The van der Waals surface area contributed by atoms with E-state index in [2.05, 4.69) is 4.18 Å². The average Bonchev–Trinajstić information content (AvgIpc) is 2.47. The quantitative estimate of drug-likeness (QED) is 0.642. The Hall–Kier alpha value is -0.870. The first-order valence-electron chi connectivity index (χ1n) is 4.13. The summed E-state index contributed by atoms with van der Waals surface area (Å²) in [6, 6.07) is 9.17. The van der Waals surface area contributed by atoms with Gasteiger partial charge in [-0.25, -0.2) is 0 Å². The van der Waals surface area contributed by atoms with Gasteiger partial charge in [0.1, 0.15) is 5.25 Å². The molecule has 0 aliphatic carbocycles. The van der Waals surface area contributed by atoms with E-state index in [1.165, 1.54) is 0 Å². The molecule has 1 aliphatic rings. The van der Waals surface area contributed by atoms with Gasteiger partial charge in [0, 0.05) is 0 Å². The Bertz CT molecular complexity index is 383. The molecule has 1 fully saturated rings. The van der Waals surface area contributed by atoms with E-state index < -0.39 is 15.4 Å². The topological polar surface area (TPSA) is 43.4 Å². The highest BCUT2D eigenvalue weighted by molar-refractivity contribution is 7.87. The molecule has 1 aromatic rings. The molecular formula is C9H10O3S. The van der Waals surface area contributed by atoms with Gasteiger partial charge in [-0.15, -0.1) is 0 Å². The summed E-state index contributed by atoms with van der Waals surface area (Å²) in [5.74, 6) is 0. The van der Waals surface area contributed by atoms with Crippen molar-refractivity contribution in [3.05, 3.63) is 35.9 Å². The van der Waals surface area contributed by atoms with Crippen molar-refractivity contribution >= 4 is 10.1 Å². The molecule has 0 radical (unpaired) electrons. The van der Waals surface area contributed by atoms with E-state index in [9.17, 15) is 8.42 Å². The number of hydrogen-bond acceptors (Lipinski definition) is 3. The largest absolute Gasteiger partial charge is 0.274 e. The zero-order chi connectivity index (χ0) is 9.31. The molecule has 0 saturated carbocycles. The molecule has 70 valence electrons. The highest BCUT2D eigenvalue weighted by Gasteiger charge is 2.33. The van der Waals surface area contributed by atoms with Crippen molar-refractivity contribution in [3.8, 4) is 0 Å². The lowest BCUT2D eigenvalue weighted by molar-refractivity contribution is 0.354. The van der Waals surface area contributed by atoms with Crippen LogP contribution in [-0.2, 0) is 14.3 Å². The summed E-state index contributed by atoms with van der Waals surface area (Å²) in [5.41, 5.74) is 0.819. The lowest BCUT2D eigenvalue weighted by Gasteiger charge is -2.06. The van der Waals surface area contributed by atoms with Gasteiger partial charge in [0.25, 0.3) is 10.1 Å². The standard InChI is InChI=1S/C9H10O3S/c10-13(11)9(6-7-12-13)8-4-2-1-3-5-8/h1-5,9H,6-7H2/t9-/m1/s1. The van der Waals surface area contributed by atoms with Crippen LogP contribution in [0.5, 0.6) is 0 Å². The van der Waals surface area contributed by atoms with Gasteiger partial charge in [0.15, 0.2) is 0 Å². The highest BCUT2D eigenvalue weighted by atomic mass is 32.2. The molecule has 1 atom stereocenters. The van der Waals surface area contributed by atoms with E-state index >= 15 is 0 Å². The Labute approximate surface area is 77.5 Å². The van der Waals surface area contributed by atoms with Gasteiger partial charge < -0.3 is 0 Å². The van der Waals surface area contributed by atoms with Crippen molar-refractivity contribution in [3.63, 3.8) is 0 Å². The van der Waals surface area contributed by atoms with E-state index in [1.807, 2.05) is 30.3 Å². The predicted molar refractivity (Wildman–Crippen MR) is 48.7 cm³/mol. The molecular weight excluding hydrogens is 188 g/mol. The maximum Gasteiger partial charge on any atom is 0.274 e. The molecule has 0 unspecified atom stereocenters. The van der Waals surface area contributed by atoms with Crippen molar-refractivity contribution in [2.45, 2.75) is 11.7 Å². The lowest BCUT2D eigenvalue weighted by atomic mass is 10.1. The number of benzene rings is 1. The van der Waals surface area contributed by atoms with Crippen LogP contribution in [-0.4, -0.2) is 15.0 Å². The minimum Gasteiger partial charge on any atom is -0.270 e. The minimum atomic E-state index is -3.34. The first-order valence-corrected chi connectivity index (χ1v) is 5.60. The van der Waals surface area contributed by atoms with Gasteiger partial charge in [0.2, 0.25) is 0 Å². The van der Waals surface area contributed by atoms with Crippen LogP contribution in [0.1, 0.15) is 17.2 Å². The Morgan fingerprint density at radius 1 is 1.23 bits per heavy atom. The first kappa shape index (κ1) is 8.72. The molecule has 1 heterocycles. The molecule has 1 saturated heterocycles. The van der Waals surface area contributed by atoms with E-state index in [-0.39, 0.29) is 0 Å². The summed E-state index contributed by atoms with van der Waals surface area (Å²) in [4.78, 5) is 0. The third kappa shape index (κ3) is 1.59. The van der Waals surface area contributed by atoms with Gasteiger partial charge in [-0.2, -0.15) is 8.42 Å². The minimum absolute atomic E-state index is 0.307. The molecule has 13 heavy (non-hydrogen) atoms. The monoisotopic (exact) mass is 198 g/mol. The Morgan fingerprint density at radius 3 is 2.46 bits per heavy atom. The molecule has 2 rings (SSSR count). The maximum atomic E-state index is 11.3. The van der Waals surface area contributed by atoms with Crippen molar-refractivity contribution < 1.29 is 12.6 Å². The van der Waals surface area contributed by atoms with Crippen LogP contribution in [0.25, 0.3) is 0 Å². The zero-order valence-electron chi connectivity index (χ0n) is 7.01. The van der Waals surface area contributed by atoms with Gasteiger partial charge in [-0.05, 0) is 12.0 Å². The molecule has 3 nitrogen and oxygen atoms in total. The fraction of sp³-hybridized carbons (Fsp3) is 0.333.